The molecule has 0 amide bonds. The Hall–Kier alpha value is -2.49. The first kappa shape index (κ1) is 19.5. The van der Waals surface area contributed by atoms with Gasteiger partial charge in [-0.1, -0.05) is 42.8 Å². The molecule has 0 aromatic heterocycles. The van der Waals surface area contributed by atoms with Gasteiger partial charge in [0.25, 0.3) is 0 Å². The Morgan fingerprint density at radius 3 is 2.53 bits per heavy atom. The average molecular weight is 406 g/mol. The number of hydrogen-bond acceptors (Lipinski definition) is 4. The second-order valence-electron chi connectivity index (χ2n) is 8.98. The highest BCUT2D eigenvalue weighted by Gasteiger charge is 2.42. The molecule has 5 rings (SSSR count). The molecular formula is C26H31NO3. The summed E-state index contributed by atoms with van der Waals surface area (Å²) in [5, 5.41) is 4.47. The SMILES string of the molecule is CCCCOc1ccc(C2=NOC3(CCCC3)C2)cc1OC1Cc2ccccc2C1. The molecule has 2 aromatic carbocycles. The van der Waals surface area contributed by atoms with Crippen molar-refractivity contribution < 1.29 is 14.3 Å². The summed E-state index contributed by atoms with van der Waals surface area (Å²) in [5.41, 5.74) is 4.86. The summed E-state index contributed by atoms with van der Waals surface area (Å²) in [5.74, 6) is 1.66. The molecule has 0 N–H and O–H groups in total. The van der Waals surface area contributed by atoms with E-state index in [0.717, 1.165) is 67.7 Å². The predicted molar refractivity (Wildman–Crippen MR) is 119 cm³/mol. The standard InChI is InChI=1S/C26H31NO3/c1-2-3-14-28-24-11-10-21(23-18-26(30-27-23)12-6-7-13-26)17-25(24)29-22-15-19-8-4-5-9-20(19)16-22/h4-5,8-11,17,22H,2-3,6-7,12-16,18H2,1H3. The van der Waals surface area contributed by atoms with E-state index in [0.29, 0.717) is 6.61 Å². The molecule has 0 bridgehead atoms. The molecular weight excluding hydrogens is 374 g/mol. The minimum absolute atomic E-state index is 0.0558. The van der Waals surface area contributed by atoms with Gasteiger partial charge in [0.15, 0.2) is 11.5 Å². The number of benzene rings is 2. The smallest absolute Gasteiger partial charge is 0.162 e. The van der Waals surface area contributed by atoms with Gasteiger partial charge < -0.3 is 14.3 Å². The fraction of sp³-hybridized carbons (Fsp3) is 0.500. The van der Waals surface area contributed by atoms with Crippen LogP contribution < -0.4 is 9.47 Å². The van der Waals surface area contributed by atoms with Gasteiger partial charge in [0, 0.05) is 24.8 Å². The third-order valence-corrected chi connectivity index (χ3v) is 6.69. The molecule has 30 heavy (non-hydrogen) atoms. The molecule has 1 spiro atoms. The van der Waals surface area contributed by atoms with Crippen LogP contribution in [0.4, 0.5) is 0 Å². The van der Waals surface area contributed by atoms with Crippen molar-refractivity contribution in [2.24, 2.45) is 5.16 Å². The molecule has 4 nitrogen and oxygen atoms in total. The van der Waals surface area contributed by atoms with Crippen molar-refractivity contribution in [3.05, 3.63) is 59.2 Å². The van der Waals surface area contributed by atoms with E-state index in [4.69, 9.17) is 14.3 Å². The maximum absolute atomic E-state index is 6.52. The van der Waals surface area contributed by atoms with Crippen LogP contribution >= 0.6 is 0 Å². The van der Waals surface area contributed by atoms with Gasteiger partial charge in [0.05, 0.1) is 12.3 Å². The quantitative estimate of drug-likeness (QED) is 0.543. The van der Waals surface area contributed by atoms with E-state index in [2.05, 4.69) is 48.5 Å². The molecule has 1 heterocycles. The van der Waals surface area contributed by atoms with Gasteiger partial charge in [-0.3, -0.25) is 0 Å². The van der Waals surface area contributed by atoms with Gasteiger partial charge in [0.2, 0.25) is 0 Å². The Labute approximate surface area is 179 Å². The van der Waals surface area contributed by atoms with Crippen LogP contribution in [0.3, 0.4) is 0 Å². The van der Waals surface area contributed by atoms with Gasteiger partial charge >= 0.3 is 0 Å². The summed E-state index contributed by atoms with van der Waals surface area (Å²) in [7, 11) is 0. The lowest BCUT2D eigenvalue weighted by atomic mass is 9.93. The number of hydrogen-bond donors (Lipinski definition) is 0. The number of ether oxygens (including phenoxy) is 2. The third kappa shape index (κ3) is 3.92. The summed E-state index contributed by atoms with van der Waals surface area (Å²) in [6, 6.07) is 14.9. The van der Waals surface area contributed by atoms with E-state index >= 15 is 0 Å². The zero-order valence-electron chi connectivity index (χ0n) is 17.9. The van der Waals surface area contributed by atoms with Crippen LogP contribution in [0.2, 0.25) is 0 Å². The molecule has 3 aliphatic rings. The summed E-state index contributed by atoms with van der Waals surface area (Å²) >= 11 is 0. The van der Waals surface area contributed by atoms with Crippen LogP contribution in [0.15, 0.2) is 47.6 Å². The lowest BCUT2D eigenvalue weighted by molar-refractivity contribution is -0.0126. The summed E-state index contributed by atoms with van der Waals surface area (Å²) in [6.45, 7) is 2.89. The lowest BCUT2D eigenvalue weighted by Crippen LogP contribution is -2.24. The second-order valence-corrected chi connectivity index (χ2v) is 8.98. The van der Waals surface area contributed by atoms with E-state index in [1.54, 1.807) is 0 Å². The molecule has 0 unspecified atom stereocenters. The number of rotatable bonds is 7. The van der Waals surface area contributed by atoms with E-state index in [9.17, 15) is 0 Å². The van der Waals surface area contributed by atoms with E-state index in [1.807, 2.05) is 6.07 Å². The van der Waals surface area contributed by atoms with Gasteiger partial charge in [0.1, 0.15) is 11.7 Å². The molecule has 4 heteroatoms. The number of fused-ring (bicyclic) bond motifs is 1. The van der Waals surface area contributed by atoms with Gasteiger partial charge in [-0.25, -0.2) is 0 Å². The molecule has 0 atom stereocenters. The average Bonchev–Trinajstić information content (AvgIpc) is 3.49. The molecule has 2 aliphatic carbocycles. The number of oxime groups is 1. The summed E-state index contributed by atoms with van der Waals surface area (Å²) in [4.78, 5) is 5.91. The van der Waals surface area contributed by atoms with Crippen LogP contribution in [-0.2, 0) is 17.7 Å². The molecule has 0 radical (unpaired) electrons. The van der Waals surface area contributed by atoms with Crippen molar-refractivity contribution in [1.29, 1.82) is 0 Å². The predicted octanol–water partition coefficient (Wildman–Crippen LogP) is 5.85. The molecule has 1 fully saturated rings. The zero-order valence-corrected chi connectivity index (χ0v) is 17.9. The molecule has 2 aromatic rings. The number of nitrogens with zero attached hydrogens (tertiary/aromatic N) is 1. The molecule has 1 saturated carbocycles. The van der Waals surface area contributed by atoms with E-state index in [1.165, 1.54) is 24.0 Å². The largest absolute Gasteiger partial charge is 0.490 e. The zero-order chi connectivity index (χ0) is 20.4. The Morgan fingerprint density at radius 2 is 1.80 bits per heavy atom. The topological polar surface area (TPSA) is 40.0 Å². The summed E-state index contributed by atoms with van der Waals surface area (Å²) in [6.07, 6.45) is 9.80. The maximum Gasteiger partial charge on any atom is 0.162 e. The van der Waals surface area contributed by atoms with Crippen molar-refractivity contribution in [2.45, 2.75) is 76.4 Å². The Morgan fingerprint density at radius 1 is 1.03 bits per heavy atom. The lowest BCUT2D eigenvalue weighted by Gasteiger charge is -2.20. The van der Waals surface area contributed by atoms with Crippen molar-refractivity contribution in [3.63, 3.8) is 0 Å². The van der Waals surface area contributed by atoms with Crippen LogP contribution in [0.5, 0.6) is 11.5 Å². The first-order chi connectivity index (χ1) is 14.7. The van der Waals surface area contributed by atoms with Crippen molar-refractivity contribution in [3.8, 4) is 11.5 Å². The fourth-order valence-electron chi connectivity index (χ4n) is 4.97. The van der Waals surface area contributed by atoms with Gasteiger partial charge in [-0.2, -0.15) is 0 Å². The van der Waals surface area contributed by atoms with Crippen molar-refractivity contribution in [1.82, 2.24) is 0 Å². The normalized spacial score (nSPS) is 19.6. The van der Waals surface area contributed by atoms with Crippen molar-refractivity contribution in [2.75, 3.05) is 6.61 Å². The van der Waals surface area contributed by atoms with Gasteiger partial charge in [-0.05, 0) is 61.4 Å². The van der Waals surface area contributed by atoms with Crippen molar-refractivity contribution >= 4 is 5.71 Å². The molecule has 1 aliphatic heterocycles. The summed E-state index contributed by atoms with van der Waals surface area (Å²) < 4.78 is 12.6. The van der Waals surface area contributed by atoms with Gasteiger partial charge in [-0.15, -0.1) is 0 Å². The monoisotopic (exact) mass is 405 g/mol. The Kier molecular flexibility index (Phi) is 5.41. The Bertz CT molecular complexity index is 905. The van der Waals surface area contributed by atoms with Crippen LogP contribution in [-0.4, -0.2) is 24.0 Å². The maximum atomic E-state index is 6.52. The molecule has 0 saturated heterocycles. The molecule has 158 valence electrons. The highest BCUT2D eigenvalue weighted by molar-refractivity contribution is 6.02. The van der Waals surface area contributed by atoms with E-state index < -0.39 is 0 Å². The van der Waals surface area contributed by atoms with Crippen LogP contribution in [0.1, 0.15) is 68.6 Å². The van der Waals surface area contributed by atoms with Crippen LogP contribution in [0.25, 0.3) is 0 Å². The minimum Gasteiger partial charge on any atom is -0.490 e. The van der Waals surface area contributed by atoms with E-state index in [-0.39, 0.29) is 11.7 Å². The second kappa shape index (κ2) is 8.33. The number of unbranched alkanes of at least 4 members (excludes halogenated alkanes) is 1. The minimum atomic E-state index is -0.0558. The highest BCUT2D eigenvalue weighted by atomic mass is 16.7. The first-order valence-electron chi connectivity index (χ1n) is 11.5. The highest BCUT2D eigenvalue weighted by Crippen LogP contribution is 2.42. The van der Waals surface area contributed by atoms with Crippen LogP contribution in [0, 0.1) is 0 Å². The fourth-order valence-corrected chi connectivity index (χ4v) is 4.97. The Balaban J connectivity index is 1.35. The third-order valence-electron chi connectivity index (χ3n) is 6.69. The first-order valence-corrected chi connectivity index (χ1v) is 11.5.